The number of benzene rings is 2. The van der Waals surface area contributed by atoms with Crippen LogP contribution in [0.25, 0.3) is 10.9 Å². The van der Waals surface area contributed by atoms with Crippen molar-refractivity contribution in [2.45, 2.75) is 25.2 Å². The summed E-state index contributed by atoms with van der Waals surface area (Å²) in [4.78, 5) is 7.37. The highest BCUT2D eigenvalue weighted by Crippen LogP contribution is 2.24. The van der Waals surface area contributed by atoms with Crippen LogP contribution in [0.1, 0.15) is 16.8 Å². The number of ether oxygens (including phenoxy) is 1. The molecule has 2 aromatic carbocycles. The summed E-state index contributed by atoms with van der Waals surface area (Å²) in [7, 11) is -2.34. The van der Waals surface area contributed by atoms with E-state index < -0.39 is 10.0 Å². The van der Waals surface area contributed by atoms with Gasteiger partial charge in [-0.05, 0) is 67.8 Å². The molecule has 3 aromatic rings. The Bertz CT molecular complexity index is 1190. The third-order valence-corrected chi connectivity index (χ3v) is 5.99. The van der Waals surface area contributed by atoms with Crippen molar-refractivity contribution in [3.63, 3.8) is 0 Å². The quantitative estimate of drug-likeness (QED) is 0.422. The molecule has 0 aliphatic rings. The second-order valence-electron chi connectivity index (χ2n) is 6.67. The van der Waals surface area contributed by atoms with Gasteiger partial charge in [0.05, 0.1) is 12.0 Å². The summed E-state index contributed by atoms with van der Waals surface area (Å²) in [5.41, 5.74) is 9.13. The summed E-state index contributed by atoms with van der Waals surface area (Å²) in [6.45, 7) is 3.90. The Morgan fingerprint density at radius 1 is 1.24 bits per heavy atom. The van der Waals surface area contributed by atoms with E-state index in [0.717, 1.165) is 22.2 Å². The highest BCUT2D eigenvalue weighted by molar-refractivity contribution is 7.90. The standard InChI is InChI=1S/C20H23FN4O3S/c1-12-10-15(5-7-19(12)28-3)29(26,27)25-20(22)23-9-8-16-13(2)24-18-6-4-14(21)11-17(16)18/h4-7,10-11,24H,8-9H2,1-3H3,(H3,22,23,25). The number of guanidine groups is 1. The summed E-state index contributed by atoms with van der Waals surface area (Å²) < 4.78 is 45.9. The molecular weight excluding hydrogens is 395 g/mol. The van der Waals surface area contributed by atoms with Crippen molar-refractivity contribution in [2.24, 2.45) is 10.7 Å². The number of halogens is 1. The number of hydrogen-bond acceptors (Lipinski definition) is 4. The molecule has 9 heteroatoms. The number of aromatic amines is 1. The first-order valence-corrected chi connectivity index (χ1v) is 10.4. The Morgan fingerprint density at radius 2 is 2.00 bits per heavy atom. The molecule has 0 saturated carbocycles. The van der Waals surface area contributed by atoms with Gasteiger partial charge in [0.25, 0.3) is 10.0 Å². The smallest absolute Gasteiger partial charge is 0.264 e. The van der Waals surface area contributed by atoms with Crippen molar-refractivity contribution in [2.75, 3.05) is 13.7 Å². The van der Waals surface area contributed by atoms with Crippen molar-refractivity contribution in [1.29, 1.82) is 0 Å². The Morgan fingerprint density at radius 3 is 2.69 bits per heavy atom. The summed E-state index contributed by atoms with van der Waals surface area (Å²) in [5, 5.41) is 0.783. The molecule has 0 bridgehead atoms. The van der Waals surface area contributed by atoms with E-state index in [1.165, 1.54) is 31.4 Å². The Labute approximate surface area is 168 Å². The predicted molar refractivity (Wildman–Crippen MR) is 111 cm³/mol. The minimum Gasteiger partial charge on any atom is -0.496 e. The molecule has 7 nitrogen and oxygen atoms in total. The van der Waals surface area contributed by atoms with Gasteiger partial charge in [-0.25, -0.2) is 17.5 Å². The van der Waals surface area contributed by atoms with E-state index in [9.17, 15) is 12.8 Å². The lowest BCUT2D eigenvalue weighted by molar-refractivity contribution is 0.411. The number of methoxy groups -OCH3 is 1. The van der Waals surface area contributed by atoms with Crippen LogP contribution in [0.4, 0.5) is 4.39 Å². The fourth-order valence-corrected chi connectivity index (χ4v) is 4.25. The van der Waals surface area contributed by atoms with E-state index in [4.69, 9.17) is 10.5 Å². The monoisotopic (exact) mass is 418 g/mol. The van der Waals surface area contributed by atoms with Crippen LogP contribution in [0.2, 0.25) is 0 Å². The van der Waals surface area contributed by atoms with Crippen molar-refractivity contribution in [1.82, 2.24) is 9.71 Å². The molecule has 154 valence electrons. The van der Waals surface area contributed by atoms with Gasteiger partial charge in [0.2, 0.25) is 5.96 Å². The third-order valence-electron chi connectivity index (χ3n) is 4.64. The molecule has 0 unspecified atom stereocenters. The molecule has 0 radical (unpaired) electrons. The lowest BCUT2D eigenvalue weighted by atomic mass is 10.1. The predicted octanol–water partition coefficient (Wildman–Crippen LogP) is 2.77. The molecule has 0 atom stereocenters. The van der Waals surface area contributed by atoms with Gasteiger partial charge < -0.3 is 15.5 Å². The van der Waals surface area contributed by atoms with Crippen molar-refractivity contribution < 1.29 is 17.5 Å². The van der Waals surface area contributed by atoms with Gasteiger partial charge in [-0.2, -0.15) is 0 Å². The number of aromatic nitrogens is 1. The van der Waals surface area contributed by atoms with Gasteiger partial charge in [-0.15, -0.1) is 0 Å². The van der Waals surface area contributed by atoms with Crippen LogP contribution in [0, 0.1) is 19.7 Å². The lowest BCUT2D eigenvalue weighted by Gasteiger charge is -2.10. The first-order chi connectivity index (χ1) is 13.7. The number of rotatable bonds is 6. The summed E-state index contributed by atoms with van der Waals surface area (Å²) in [6.07, 6.45) is 0.485. The van der Waals surface area contributed by atoms with Crippen LogP contribution in [0.15, 0.2) is 46.3 Å². The second-order valence-corrected chi connectivity index (χ2v) is 8.35. The highest BCUT2D eigenvalue weighted by atomic mass is 32.2. The number of sulfonamides is 1. The minimum absolute atomic E-state index is 0.0666. The Balaban J connectivity index is 1.71. The number of nitrogens with two attached hydrogens (primary N) is 1. The highest BCUT2D eigenvalue weighted by Gasteiger charge is 2.16. The van der Waals surface area contributed by atoms with E-state index in [1.807, 2.05) is 6.92 Å². The third kappa shape index (κ3) is 4.51. The van der Waals surface area contributed by atoms with Crippen LogP contribution in [-0.2, 0) is 16.4 Å². The van der Waals surface area contributed by atoms with Crippen LogP contribution >= 0.6 is 0 Å². The Kier molecular flexibility index (Phi) is 5.78. The van der Waals surface area contributed by atoms with Gasteiger partial charge in [0.15, 0.2) is 0 Å². The summed E-state index contributed by atoms with van der Waals surface area (Å²) >= 11 is 0. The molecule has 3 rings (SSSR count). The molecule has 0 fully saturated rings. The number of H-pyrrole nitrogens is 1. The SMILES string of the molecule is COc1ccc(S(=O)(=O)NC(N)=NCCc2c(C)[nH]c3ccc(F)cc23)cc1C. The molecule has 1 heterocycles. The van der Waals surface area contributed by atoms with Crippen molar-refractivity contribution in [3.8, 4) is 5.75 Å². The maximum Gasteiger partial charge on any atom is 0.264 e. The average molecular weight is 418 g/mol. The molecule has 0 saturated heterocycles. The van der Waals surface area contributed by atoms with Gasteiger partial charge >= 0.3 is 0 Å². The zero-order chi connectivity index (χ0) is 21.2. The molecule has 1 aromatic heterocycles. The zero-order valence-corrected chi connectivity index (χ0v) is 17.2. The minimum atomic E-state index is -3.86. The normalized spacial score (nSPS) is 12.3. The van der Waals surface area contributed by atoms with Gasteiger partial charge in [0.1, 0.15) is 11.6 Å². The maximum absolute atomic E-state index is 13.6. The van der Waals surface area contributed by atoms with Crippen LogP contribution in [0.3, 0.4) is 0 Å². The second kappa shape index (κ2) is 8.12. The number of fused-ring (bicyclic) bond motifs is 1. The number of aryl methyl sites for hydroxylation is 2. The largest absolute Gasteiger partial charge is 0.496 e. The van der Waals surface area contributed by atoms with Crippen molar-refractivity contribution >= 4 is 26.9 Å². The molecule has 0 aliphatic heterocycles. The number of nitrogens with one attached hydrogen (secondary N) is 2. The number of aliphatic imine (C=N–C) groups is 1. The van der Waals surface area contributed by atoms with Gasteiger partial charge in [-0.3, -0.25) is 4.99 Å². The molecular formula is C20H23FN4O3S. The fraction of sp³-hybridized carbons (Fsp3) is 0.250. The van der Waals surface area contributed by atoms with Crippen LogP contribution in [-0.4, -0.2) is 33.0 Å². The Hall–Kier alpha value is -3.07. The van der Waals surface area contributed by atoms with E-state index in [0.29, 0.717) is 17.7 Å². The number of hydrogen-bond donors (Lipinski definition) is 3. The molecule has 0 spiro atoms. The van der Waals surface area contributed by atoms with E-state index >= 15 is 0 Å². The topological polar surface area (TPSA) is 110 Å². The van der Waals surface area contributed by atoms with E-state index in [-0.39, 0.29) is 23.2 Å². The van der Waals surface area contributed by atoms with E-state index in [1.54, 1.807) is 19.1 Å². The van der Waals surface area contributed by atoms with E-state index in [2.05, 4.69) is 14.7 Å². The first-order valence-electron chi connectivity index (χ1n) is 8.95. The molecule has 29 heavy (non-hydrogen) atoms. The fourth-order valence-electron chi connectivity index (χ4n) is 3.21. The van der Waals surface area contributed by atoms with Crippen LogP contribution in [0.5, 0.6) is 5.75 Å². The summed E-state index contributed by atoms with van der Waals surface area (Å²) in [6, 6.07) is 9.06. The first kappa shape index (κ1) is 20.7. The zero-order valence-electron chi connectivity index (χ0n) is 16.4. The average Bonchev–Trinajstić information content (AvgIpc) is 2.96. The maximum atomic E-state index is 13.6. The van der Waals surface area contributed by atoms with Crippen molar-refractivity contribution in [3.05, 3.63) is 59.0 Å². The summed E-state index contributed by atoms with van der Waals surface area (Å²) in [5.74, 6) is 0.0709. The molecule has 4 N–H and O–H groups in total. The molecule has 0 amide bonds. The van der Waals surface area contributed by atoms with Crippen LogP contribution < -0.4 is 15.2 Å². The molecule has 0 aliphatic carbocycles. The van der Waals surface area contributed by atoms with Gasteiger partial charge in [-0.1, -0.05) is 0 Å². The lowest BCUT2D eigenvalue weighted by Crippen LogP contribution is -2.37. The van der Waals surface area contributed by atoms with Gasteiger partial charge in [0, 0.05) is 23.1 Å². The number of nitrogens with zero attached hydrogens (tertiary/aromatic N) is 1.